The Kier molecular flexibility index (Phi) is 5.36. The maximum absolute atomic E-state index is 12.6. The van der Waals surface area contributed by atoms with Crippen molar-refractivity contribution in [2.45, 2.75) is 11.8 Å². The lowest BCUT2D eigenvalue weighted by Crippen LogP contribution is -2.17. The minimum absolute atomic E-state index is 0.0525. The van der Waals surface area contributed by atoms with Gasteiger partial charge in [0.15, 0.2) is 11.5 Å². The van der Waals surface area contributed by atoms with Crippen molar-refractivity contribution >= 4 is 21.7 Å². The van der Waals surface area contributed by atoms with E-state index in [1.54, 1.807) is 13.0 Å². The molecule has 1 N–H and O–H groups in total. The van der Waals surface area contributed by atoms with Gasteiger partial charge in [-0.15, -0.1) is 0 Å². The van der Waals surface area contributed by atoms with Crippen molar-refractivity contribution in [3.05, 3.63) is 60.2 Å². The Morgan fingerprint density at radius 3 is 2.44 bits per heavy atom. The van der Waals surface area contributed by atoms with Crippen LogP contribution in [0.15, 0.2) is 59.5 Å². The highest BCUT2D eigenvalue weighted by Gasteiger charge is 2.19. The molecule has 0 unspecified atom stereocenters. The van der Waals surface area contributed by atoms with Crippen LogP contribution in [0.2, 0.25) is 0 Å². The Balaban J connectivity index is 1.72. The topological polar surface area (TPSA) is 90.9 Å². The number of fused-ring (bicyclic) bond motifs is 1. The van der Waals surface area contributed by atoms with E-state index >= 15 is 0 Å². The van der Waals surface area contributed by atoms with Crippen LogP contribution in [0.4, 0.5) is 5.69 Å². The summed E-state index contributed by atoms with van der Waals surface area (Å²) in [6.07, 6.45) is 0. The molecular weight excluding hydrogens is 370 g/mol. The van der Waals surface area contributed by atoms with E-state index in [0.29, 0.717) is 36.0 Å². The number of hydrogen-bond donors (Lipinski definition) is 1. The second-order valence-corrected chi connectivity index (χ2v) is 7.70. The molecule has 2 aromatic rings. The number of esters is 1. The molecule has 27 heavy (non-hydrogen) atoms. The zero-order chi connectivity index (χ0) is 19.4. The smallest absolute Gasteiger partial charge is 0.338 e. The van der Waals surface area contributed by atoms with Crippen LogP contribution in [-0.4, -0.2) is 34.2 Å². The van der Waals surface area contributed by atoms with E-state index < -0.39 is 16.0 Å². The summed E-state index contributed by atoms with van der Waals surface area (Å²) in [5.74, 6) is 0.400. The number of ether oxygens (including phenoxy) is 3. The normalized spacial score (nSPS) is 12.9. The van der Waals surface area contributed by atoms with E-state index in [2.05, 4.69) is 11.3 Å². The van der Waals surface area contributed by atoms with Crippen LogP contribution >= 0.6 is 0 Å². The minimum Gasteiger partial charge on any atom is -0.486 e. The molecule has 1 aliphatic heterocycles. The second-order valence-electron chi connectivity index (χ2n) is 6.02. The van der Waals surface area contributed by atoms with Gasteiger partial charge in [-0.05, 0) is 48.9 Å². The van der Waals surface area contributed by atoms with Crippen LogP contribution in [0.3, 0.4) is 0 Å². The third-order valence-electron chi connectivity index (χ3n) is 3.65. The van der Waals surface area contributed by atoms with Gasteiger partial charge in [-0.3, -0.25) is 4.72 Å². The first-order valence-electron chi connectivity index (χ1n) is 8.19. The molecule has 1 aliphatic rings. The highest BCUT2D eigenvalue weighted by Crippen LogP contribution is 2.32. The molecule has 2 aromatic carbocycles. The number of carbonyl (C=O) groups excluding carboxylic acids is 1. The summed E-state index contributed by atoms with van der Waals surface area (Å²) in [4.78, 5) is 11.9. The van der Waals surface area contributed by atoms with Gasteiger partial charge in [0.1, 0.15) is 19.8 Å². The van der Waals surface area contributed by atoms with E-state index in [-0.39, 0.29) is 11.5 Å². The van der Waals surface area contributed by atoms with Crippen LogP contribution in [0.1, 0.15) is 17.3 Å². The van der Waals surface area contributed by atoms with Gasteiger partial charge in [-0.1, -0.05) is 6.58 Å². The molecule has 0 bridgehead atoms. The molecule has 7 nitrogen and oxygen atoms in total. The zero-order valence-corrected chi connectivity index (χ0v) is 15.5. The van der Waals surface area contributed by atoms with Crippen LogP contribution in [0.5, 0.6) is 11.5 Å². The lowest BCUT2D eigenvalue weighted by atomic mass is 10.2. The summed E-state index contributed by atoms with van der Waals surface area (Å²) >= 11 is 0. The number of anilines is 1. The fourth-order valence-electron chi connectivity index (χ4n) is 2.35. The van der Waals surface area contributed by atoms with Crippen molar-refractivity contribution in [2.24, 2.45) is 0 Å². The number of carbonyl (C=O) groups is 1. The Hall–Kier alpha value is -3.00. The number of nitrogens with one attached hydrogen (secondary N) is 1. The van der Waals surface area contributed by atoms with Gasteiger partial charge in [-0.2, -0.15) is 0 Å². The van der Waals surface area contributed by atoms with E-state index in [4.69, 9.17) is 14.2 Å². The Bertz CT molecular complexity index is 966. The predicted molar refractivity (Wildman–Crippen MR) is 99.8 cm³/mol. The molecular formula is C19H19NO6S. The van der Waals surface area contributed by atoms with Gasteiger partial charge >= 0.3 is 5.97 Å². The average molecular weight is 389 g/mol. The molecule has 142 valence electrons. The average Bonchev–Trinajstić information content (AvgIpc) is 2.66. The monoisotopic (exact) mass is 389 g/mol. The van der Waals surface area contributed by atoms with Crippen molar-refractivity contribution in [1.29, 1.82) is 0 Å². The predicted octanol–water partition coefficient (Wildman–Crippen LogP) is 2.99. The zero-order valence-electron chi connectivity index (χ0n) is 14.7. The fourth-order valence-corrected chi connectivity index (χ4v) is 3.42. The summed E-state index contributed by atoms with van der Waals surface area (Å²) in [6, 6.07) is 10.4. The van der Waals surface area contributed by atoms with Crippen molar-refractivity contribution in [2.75, 3.05) is 24.5 Å². The first-order valence-corrected chi connectivity index (χ1v) is 9.67. The summed E-state index contributed by atoms with van der Waals surface area (Å²) < 4.78 is 43.5. The number of hydrogen-bond acceptors (Lipinski definition) is 6. The van der Waals surface area contributed by atoms with Crippen molar-refractivity contribution in [3.8, 4) is 11.5 Å². The van der Waals surface area contributed by atoms with Crippen molar-refractivity contribution in [1.82, 2.24) is 0 Å². The summed E-state index contributed by atoms with van der Waals surface area (Å²) in [6.45, 7) is 6.35. The van der Waals surface area contributed by atoms with Crippen LogP contribution in [-0.2, 0) is 14.8 Å². The van der Waals surface area contributed by atoms with Gasteiger partial charge in [0.2, 0.25) is 0 Å². The molecule has 0 aromatic heterocycles. The van der Waals surface area contributed by atoms with E-state index in [9.17, 15) is 13.2 Å². The Morgan fingerprint density at radius 2 is 1.78 bits per heavy atom. The molecule has 0 saturated heterocycles. The highest BCUT2D eigenvalue weighted by molar-refractivity contribution is 7.92. The lowest BCUT2D eigenvalue weighted by molar-refractivity contribution is 0.0540. The van der Waals surface area contributed by atoms with Gasteiger partial charge in [-0.25, -0.2) is 13.2 Å². The third-order valence-corrected chi connectivity index (χ3v) is 5.03. The summed E-state index contributed by atoms with van der Waals surface area (Å²) in [5, 5.41) is 0. The van der Waals surface area contributed by atoms with Crippen molar-refractivity contribution < 1.29 is 27.4 Å². The quantitative estimate of drug-likeness (QED) is 0.603. The molecule has 0 spiro atoms. The Morgan fingerprint density at radius 1 is 1.11 bits per heavy atom. The largest absolute Gasteiger partial charge is 0.486 e. The maximum Gasteiger partial charge on any atom is 0.338 e. The van der Waals surface area contributed by atoms with E-state index in [1.807, 2.05) is 0 Å². The van der Waals surface area contributed by atoms with Gasteiger partial charge < -0.3 is 14.2 Å². The van der Waals surface area contributed by atoms with Gasteiger partial charge in [0, 0.05) is 11.8 Å². The molecule has 0 saturated carbocycles. The Labute approximate surface area is 157 Å². The molecule has 0 amide bonds. The van der Waals surface area contributed by atoms with E-state index in [1.165, 1.54) is 36.4 Å². The fraction of sp³-hybridized carbons (Fsp3) is 0.211. The molecule has 0 atom stereocenters. The number of rotatable bonds is 6. The molecule has 0 radical (unpaired) electrons. The second kappa shape index (κ2) is 7.71. The van der Waals surface area contributed by atoms with Crippen LogP contribution in [0.25, 0.3) is 0 Å². The molecule has 0 aliphatic carbocycles. The molecule has 8 heteroatoms. The minimum atomic E-state index is -3.81. The molecule has 3 rings (SSSR count). The van der Waals surface area contributed by atoms with Gasteiger partial charge in [0.25, 0.3) is 10.0 Å². The lowest BCUT2D eigenvalue weighted by Gasteiger charge is -2.19. The summed E-state index contributed by atoms with van der Waals surface area (Å²) in [7, 11) is -3.81. The van der Waals surface area contributed by atoms with E-state index in [0.717, 1.165) is 5.57 Å². The number of benzene rings is 2. The maximum atomic E-state index is 12.6. The molecule has 1 heterocycles. The van der Waals surface area contributed by atoms with Crippen molar-refractivity contribution in [3.63, 3.8) is 0 Å². The molecule has 0 fully saturated rings. The SMILES string of the molecule is C=C(C)COC(=O)c1ccc(NS(=O)(=O)c2ccc3c(c2)OCCO3)cc1. The number of sulfonamides is 1. The van der Waals surface area contributed by atoms with Gasteiger partial charge in [0.05, 0.1) is 10.5 Å². The summed E-state index contributed by atoms with van der Waals surface area (Å²) in [5.41, 5.74) is 1.37. The third kappa shape index (κ3) is 4.59. The van der Waals surface area contributed by atoms with Crippen LogP contribution in [0, 0.1) is 0 Å². The first-order chi connectivity index (χ1) is 12.8. The van der Waals surface area contributed by atoms with Crippen LogP contribution < -0.4 is 14.2 Å². The first kappa shape index (κ1) is 18.8. The highest BCUT2D eigenvalue weighted by atomic mass is 32.2. The standard InChI is InChI=1S/C19H19NO6S/c1-13(2)12-26-19(21)14-3-5-15(6-4-14)20-27(22,23)16-7-8-17-18(11-16)25-10-9-24-17/h3-8,11,20H,1,9-10,12H2,2H3.